The van der Waals surface area contributed by atoms with Gasteiger partial charge in [0.25, 0.3) is 0 Å². The fraction of sp³-hybridized carbons (Fsp3) is 0.857. The lowest BCUT2D eigenvalue weighted by molar-refractivity contribution is -0.128. The highest BCUT2D eigenvalue weighted by Crippen LogP contribution is 2.19. The molecule has 2 fully saturated rings. The Morgan fingerprint density at radius 2 is 2.05 bits per heavy atom. The van der Waals surface area contributed by atoms with Crippen molar-refractivity contribution < 1.29 is 9.59 Å². The van der Waals surface area contributed by atoms with Crippen molar-refractivity contribution in [3.05, 3.63) is 0 Å². The van der Waals surface area contributed by atoms with Gasteiger partial charge < -0.3 is 16.0 Å². The van der Waals surface area contributed by atoms with Crippen LogP contribution < -0.4 is 16.0 Å². The number of piperidine rings is 1. The summed E-state index contributed by atoms with van der Waals surface area (Å²) in [6.07, 6.45) is 3.81. The summed E-state index contributed by atoms with van der Waals surface area (Å²) in [6.45, 7) is 5.09. The first-order valence-electron chi connectivity index (χ1n) is 7.52. The van der Waals surface area contributed by atoms with E-state index in [1.54, 1.807) is 7.05 Å². The molecule has 0 aromatic heterocycles. The summed E-state index contributed by atoms with van der Waals surface area (Å²) in [4.78, 5) is 25.8. The van der Waals surface area contributed by atoms with Gasteiger partial charge in [-0.1, -0.05) is 0 Å². The Hall–Kier alpha value is -1.14. The van der Waals surface area contributed by atoms with E-state index in [2.05, 4.69) is 20.9 Å². The van der Waals surface area contributed by atoms with E-state index in [4.69, 9.17) is 0 Å². The number of hydrogen-bond donors (Lipinski definition) is 3. The highest BCUT2D eigenvalue weighted by molar-refractivity contribution is 5.86. The second-order valence-corrected chi connectivity index (χ2v) is 6.06. The van der Waals surface area contributed by atoms with E-state index in [9.17, 15) is 9.59 Å². The Morgan fingerprint density at radius 3 is 2.60 bits per heavy atom. The topological polar surface area (TPSA) is 73.5 Å². The van der Waals surface area contributed by atoms with Crippen LogP contribution in [0.2, 0.25) is 0 Å². The molecular formula is C14H26N4O2. The van der Waals surface area contributed by atoms with Gasteiger partial charge in [-0.25, -0.2) is 0 Å². The first-order valence-corrected chi connectivity index (χ1v) is 7.52. The van der Waals surface area contributed by atoms with Crippen molar-refractivity contribution in [1.29, 1.82) is 0 Å². The fourth-order valence-electron chi connectivity index (χ4n) is 2.95. The lowest BCUT2D eigenvalue weighted by atomic mass is 9.97. The highest BCUT2D eigenvalue weighted by Gasteiger charge is 2.37. The number of likely N-dealkylation sites (N-methyl/N-ethyl adjacent to an activating group) is 1. The molecule has 6 heteroatoms. The van der Waals surface area contributed by atoms with Crippen molar-refractivity contribution >= 4 is 11.8 Å². The molecule has 3 N–H and O–H groups in total. The minimum absolute atomic E-state index is 0.0511. The molecule has 0 bridgehead atoms. The SMILES string of the molecule is CNC(=O)CN1CCC(NC(=O)C2(C)CCCN2)CC1. The zero-order valence-electron chi connectivity index (χ0n) is 12.5. The van der Waals surface area contributed by atoms with Crippen molar-refractivity contribution in [2.75, 3.05) is 33.2 Å². The maximum absolute atomic E-state index is 12.3. The van der Waals surface area contributed by atoms with Crippen LogP contribution in [0.15, 0.2) is 0 Å². The molecule has 1 unspecified atom stereocenters. The number of amides is 2. The molecule has 114 valence electrons. The quantitative estimate of drug-likeness (QED) is 0.647. The summed E-state index contributed by atoms with van der Waals surface area (Å²) in [5.74, 6) is 0.176. The van der Waals surface area contributed by atoms with Crippen LogP contribution in [-0.2, 0) is 9.59 Å². The van der Waals surface area contributed by atoms with E-state index in [0.717, 1.165) is 45.3 Å². The van der Waals surface area contributed by atoms with Crippen LogP contribution in [0.4, 0.5) is 0 Å². The van der Waals surface area contributed by atoms with Crippen LogP contribution >= 0.6 is 0 Å². The van der Waals surface area contributed by atoms with Crippen molar-refractivity contribution in [2.45, 2.75) is 44.2 Å². The number of carbonyl (C=O) groups excluding carboxylic acids is 2. The summed E-state index contributed by atoms with van der Waals surface area (Å²) in [6, 6.07) is 0.239. The van der Waals surface area contributed by atoms with Crippen LogP contribution in [0.3, 0.4) is 0 Å². The Balaban J connectivity index is 1.74. The minimum Gasteiger partial charge on any atom is -0.358 e. The number of carbonyl (C=O) groups is 2. The molecule has 0 aliphatic carbocycles. The molecule has 2 aliphatic heterocycles. The molecule has 2 saturated heterocycles. The largest absolute Gasteiger partial charge is 0.358 e. The third-order valence-corrected chi connectivity index (χ3v) is 4.44. The molecule has 0 aromatic rings. The van der Waals surface area contributed by atoms with Crippen LogP contribution in [0.5, 0.6) is 0 Å². The van der Waals surface area contributed by atoms with Crippen molar-refractivity contribution in [1.82, 2.24) is 20.9 Å². The third kappa shape index (κ3) is 3.70. The summed E-state index contributed by atoms with van der Waals surface area (Å²) >= 11 is 0. The molecule has 2 aliphatic rings. The van der Waals surface area contributed by atoms with E-state index < -0.39 is 0 Å². The molecule has 0 radical (unpaired) electrons. The predicted octanol–water partition coefficient (Wildman–Crippen LogP) is -0.545. The molecule has 2 rings (SSSR count). The lowest BCUT2D eigenvalue weighted by Gasteiger charge is -2.34. The van der Waals surface area contributed by atoms with Crippen LogP contribution in [0, 0.1) is 0 Å². The first kappa shape index (κ1) is 15.3. The molecule has 2 heterocycles. The molecule has 2 amide bonds. The zero-order chi connectivity index (χ0) is 14.6. The normalized spacial score (nSPS) is 28.3. The van der Waals surface area contributed by atoms with Gasteiger partial charge in [-0.15, -0.1) is 0 Å². The van der Waals surface area contributed by atoms with Gasteiger partial charge in [-0.05, 0) is 39.2 Å². The van der Waals surface area contributed by atoms with E-state index in [-0.39, 0.29) is 23.4 Å². The molecule has 20 heavy (non-hydrogen) atoms. The number of hydrogen-bond acceptors (Lipinski definition) is 4. The predicted molar refractivity (Wildman–Crippen MR) is 77.3 cm³/mol. The molecular weight excluding hydrogens is 256 g/mol. The number of nitrogens with zero attached hydrogens (tertiary/aromatic N) is 1. The van der Waals surface area contributed by atoms with Gasteiger partial charge in [0.1, 0.15) is 0 Å². The maximum Gasteiger partial charge on any atom is 0.240 e. The van der Waals surface area contributed by atoms with Crippen LogP contribution in [-0.4, -0.2) is 61.5 Å². The average Bonchev–Trinajstić information content (AvgIpc) is 2.89. The van der Waals surface area contributed by atoms with E-state index in [1.807, 2.05) is 6.92 Å². The summed E-state index contributed by atoms with van der Waals surface area (Å²) in [7, 11) is 1.66. The highest BCUT2D eigenvalue weighted by atomic mass is 16.2. The van der Waals surface area contributed by atoms with E-state index >= 15 is 0 Å². The standard InChI is InChI=1S/C14H26N4O2/c1-14(6-3-7-16-14)13(20)17-11-4-8-18(9-5-11)10-12(19)15-2/h11,16H,3-10H2,1-2H3,(H,15,19)(H,17,20). The molecule has 0 spiro atoms. The fourth-order valence-corrected chi connectivity index (χ4v) is 2.95. The number of nitrogens with one attached hydrogen (secondary N) is 3. The van der Waals surface area contributed by atoms with E-state index in [0.29, 0.717) is 6.54 Å². The maximum atomic E-state index is 12.3. The number of rotatable bonds is 4. The Morgan fingerprint density at radius 1 is 1.35 bits per heavy atom. The summed E-state index contributed by atoms with van der Waals surface area (Å²) < 4.78 is 0. The number of likely N-dealkylation sites (tertiary alicyclic amines) is 1. The van der Waals surface area contributed by atoms with Crippen molar-refractivity contribution in [2.24, 2.45) is 0 Å². The molecule has 6 nitrogen and oxygen atoms in total. The lowest BCUT2D eigenvalue weighted by Crippen LogP contribution is -2.55. The Kier molecular flexibility index (Phi) is 4.99. The van der Waals surface area contributed by atoms with Gasteiger partial charge in [0.15, 0.2) is 0 Å². The van der Waals surface area contributed by atoms with Gasteiger partial charge in [-0.2, -0.15) is 0 Å². The summed E-state index contributed by atoms with van der Waals surface area (Å²) in [5.41, 5.74) is -0.390. The van der Waals surface area contributed by atoms with Crippen molar-refractivity contribution in [3.63, 3.8) is 0 Å². The second-order valence-electron chi connectivity index (χ2n) is 6.06. The average molecular weight is 282 g/mol. The van der Waals surface area contributed by atoms with Crippen molar-refractivity contribution in [3.8, 4) is 0 Å². The second kappa shape index (κ2) is 6.54. The minimum atomic E-state index is -0.390. The van der Waals surface area contributed by atoms with Gasteiger partial charge in [0.05, 0.1) is 12.1 Å². The first-order chi connectivity index (χ1) is 9.53. The van der Waals surface area contributed by atoms with Crippen LogP contribution in [0.1, 0.15) is 32.6 Å². The van der Waals surface area contributed by atoms with Gasteiger partial charge in [0.2, 0.25) is 11.8 Å². The van der Waals surface area contributed by atoms with Gasteiger partial charge in [0, 0.05) is 26.2 Å². The molecule has 0 saturated carbocycles. The third-order valence-electron chi connectivity index (χ3n) is 4.44. The molecule has 0 aromatic carbocycles. The Bertz CT molecular complexity index is 358. The summed E-state index contributed by atoms with van der Waals surface area (Å²) in [5, 5.41) is 9.09. The smallest absolute Gasteiger partial charge is 0.240 e. The monoisotopic (exact) mass is 282 g/mol. The Labute approximate surface area is 120 Å². The van der Waals surface area contributed by atoms with Gasteiger partial charge >= 0.3 is 0 Å². The van der Waals surface area contributed by atoms with Gasteiger partial charge in [-0.3, -0.25) is 14.5 Å². The molecule has 1 atom stereocenters. The zero-order valence-corrected chi connectivity index (χ0v) is 12.5. The van der Waals surface area contributed by atoms with E-state index in [1.165, 1.54) is 0 Å². The van der Waals surface area contributed by atoms with Crippen LogP contribution in [0.25, 0.3) is 0 Å².